The summed E-state index contributed by atoms with van der Waals surface area (Å²) >= 11 is 0. The smallest absolute Gasteiger partial charge is 0.210 e. The van der Waals surface area contributed by atoms with E-state index in [2.05, 4.69) is 36.2 Å². The lowest BCUT2D eigenvalue weighted by Gasteiger charge is -2.02. The first kappa shape index (κ1) is 11.9. The summed E-state index contributed by atoms with van der Waals surface area (Å²) < 4.78 is 25.2. The fraction of sp³-hybridized carbons (Fsp3) is 0.500. The third-order valence-electron chi connectivity index (χ3n) is 1.69. The summed E-state index contributed by atoms with van der Waals surface area (Å²) in [4.78, 5) is 0. The largest absolute Gasteiger partial charge is 0.333 e. The van der Waals surface area contributed by atoms with Crippen molar-refractivity contribution in [2.45, 2.75) is 33.1 Å². The number of nitrogens with zero attached hydrogens (tertiary/aromatic N) is 2. The van der Waals surface area contributed by atoms with Gasteiger partial charge in [-0.3, -0.25) is 0 Å². The molecule has 0 saturated heterocycles. The molecule has 0 radical (unpaired) electrons. The molecule has 1 rings (SSSR count). The Morgan fingerprint density at radius 1 is 1.40 bits per heavy atom. The average molecular weight is 228 g/mol. The monoisotopic (exact) mass is 228 g/mol. The van der Waals surface area contributed by atoms with Gasteiger partial charge in [0.2, 0.25) is 0 Å². The molecule has 0 aromatic carbocycles. The SMILES string of the molecule is Cc1nn(C(F)F)cc1C#C[Si](C)(C)C. The second-order valence-corrected chi connectivity index (χ2v) is 9.14. The predicted octanol–water partition coefficient (Wildman–Crippen LogP) is 2.82. The summed E-state index contributed by atoms with van der Waals surface area (Å²) in [5.41, 5.74) is 4.27. The van der Waals surface area contributed by atoms with Gasteiger partial charge in [0, 0.05) is 6.20 Å². The normalized spacial score (nSPS) is 11.4. The summed E-state index contributed by atoms with van der Waals surface area (Å²) in [6.07, 6.45) is 1.30. The van der Waals surface area contributed by atoms with Crippen LogP contribution in [0, 0.1) is 18.4 Å². The minimum Gasteiger partial charge on any atom is -0.210 e. The molecule has 0 saturated carbocycles. The molecule has 15 heavy (non-hydrogen) atoms. The molecular weight excluding hydrogens is 214 g/mol. The first-order chi connectivity index (χ1) is 6.79. The van der Waals surface area contributed by atoms with Crippen LogP contribution in [0.25, 0.3) is 0 Å². The van der Waals surface area contributed by atoms with Crippen molar-refractivity contribution in [3.63, 3.8) is 0 Å². The van der Waals surface area contributed by atoms with Crippen molar-refractivity contribution in [1.82, 2.24) is 9.78 Å². The predicted molar refractivity (Wildman–Crippen MR) is 58.4 cm³/mol. The van der Waals surface area contributed by atoms with Crippen LogP contribution < -0.4 is 0 Å². The Labute approximate surface area is 89.3 Å². The molecule has 0 bridgehead atoms. The molecule has 1 aromatic heterocycles. The molecule has 0 aliphatic carbocycles. The maximum Gasteiger partial charge on any atom is 0.333 e. The highest BCUT2D eigenvalue weighted by molar-refractivity contribution is 6.83. The Balaban J connectivity index is 3.00. The minimum atomic E-state index is -2.59. The van der Waals surface area contributed by atoms with E-state index in [1.165, 1.54) is 6.20 Å². The number of hydrogen-bond donors (Lipinski definition) is 0. The van der Waals surface area contributed by atoms with Crippen LogP contribution in [0.3, 0.4) is 0 Å². The summed E-state index contributed by atoms with van der Waals surface area (Å²) in [6.45, 7) is 5.41. The zero-order chi connectivity index (χ0) is 11.6. The molecule has 0 fully saturated rings. The first-order valence-corrected chi connectivity index (χ1v) is 8.17. The van der Waals surface area contributed by atoms with E-state index >= 15 is 0 Å². The van der Waals surface area contributed by atoms with Crippen LogP contribution >= 0.6 is 0 Å². The standard InChI is InChI=1S/C10H14F2N2Si/c1-8-9(5-6-15(2,3)4)7-14(13-8)10(11)12/h7,10H,1-4H3. The van der Waals surface area contributed by atoms with E-state index in [-0.39, 0.29) is 0 Å². The number of hydrogen-bond acceptors (Lipinski definition) is 1. The summed E-state index contributed by atoms with van der Waals surface area (Å²) in [6, 6.07) is 0. The summed E-state index contributed by atoms with van der Waals surface area (Å²) in [7, 11) is -1.47. The minimum absolute atomic E-state index is 0.557. The third kappa shape index (κ3) is 3.48. The third-order valence-corrected chi connectivity index (χ3v) is 2.56. The first-order valence-electron chi connectivity index (χ1n) is 4.67. The van der Waals surface area contributed by atoms with Crippen LogP contribution in [-0.2, 0) is 0 Å². The van der Waals surface area contributed by atoms with Gasteiger partial charge in [-0.2, -0.15) is 13.9 Å². The molecule has 0 N–H and O–H groups in total. The highest BCUT2D eigenvalue weighted by atomic mass is 28.3. The van der Waals surface area contributed by atoms with Gasteiger partial charge >= 0.3 is 6.55 Å². The van der Waals surface area contributed by atoms with Gasteiger partial charge in [0.15, 0.2) is 0 Å². The quantitative estimate of drug-likeness (QED) is 0.534. The van der Waals surface area contributed by atoms with Gasteiger partial charge in [0.25, 0.3) is 0 Å². The second-order valence-electron chi connectivity index (χ2n) is 4.39. The van der Waals surface area contributed by atoms with E-state index in [1.807, 2.05) is 0 Å². The van der Waals surface area contributed by atoms with E-state index in [0.717, 1.165) is 0 Å². The molecule has 5 heteroatoms. The van der Waals surface area contributed by atoms with Gasteiger partial charge in [-0.1, -0.05) is 25.6 Å². The lowest BCUT2D eigenvalue weighted by molar-refractivity contribution is 0.0563. The van der Waals surface area contributed by atoms with Crippen LogP contribution in [0.2, 0.25) is 19.6 Å². The fourth-order valence-corrected chi connectivity index (χ4v) is 1.47. The van der Waals surface area contributed by atoms with Gasteiger partial charge in [-0.25, -0.2) is 4.68 Å². The van der Waals surface area contributed by atoms with Crippen molar-refractivity contribution in [1.29, 1.82) is 0 Å². The fourth-order valence-electron chi connectivity index (χ4n) is 0.959. The van der Waals surface area contributed by atoms with Gasteiger partial charge in [-0.05, 0) is 6.92 Å². The van der Waals surface area contributed by atoms with Crippen LogP contribution in [0.5, 0.6) is 0 Å². The topological polar surface area (TPSA) is 17.8 Å². The van der Waals surface area contributed by atoms with E-state index in [4.69, 9.17) is 0 Å². The number of aromatic nitrogens is 2. The maximum atomic E-state index is 12.3. The Kier molecular flexibility index (Phi) is 3.30. The molecule has 0 aliphatic heterocycles. The number of halogens is 2. The Morgan fingerprint density at radius 3 is 2.40 bits per heavy atom. The Hall–Kier alpha value is -1.15. The van der Waals surface area contributed by atoms with Gasteiger partial charge in [0.1, 0.15) is 8.07 Å². The van der Waals surface area contributed by atoms with Gasteiger partial charge in [0.05, 0.1) is 11.3 Å². The summed E-state index contributed by atoms with van der Waals surface area (Å²) in [5.74, 6) is 2.92. The van der Waals surface area contributed by atoms with E-state index in [1.54, 1.807) is 6.92 Å². The molecular formula is C10H14F2N2Si. The molecule has 0 spiro atoms. The van der Waals surface area contributed by atoms with E-state index in [9.17, 15) is 8.78 Å². The zero-order valence-electron chi connectivity index (χ0n) is 9.31. The highest BCUT2D eigenvalue weighted by Crippen LogP contribution is 2.12. The van der Waals surface area contributed by atoms with Crippen LogP contribution in [-0.4, -0.2) is 17.9 Å². The van der Waals surface area contributed by atoms with E-state index in [0.29, 0.717) is 15.9 Å². The van der Waals surface area contributed by atoms with Crippen molar-refractivity contribution in [3.8, 4) is 11.5 Å². The van der Waals surface area contributed by atoms with E-state index < -0.39 is 14.6 Å². The molecule has 2 nitrogen and oxygen atoms in total. The van der Waals surface area contributed by atoms with Crippen molar-refractivity contribution in [2.24, 2.45) is 0 Å². The zero-order valence-corrected chi connectivity index (χ0v) is 10.3. The van der Waals surface area contributed by atoms with Gasteiger partial charge in [-0.15, -0.1) is 5.54 Å². The van der Waals surface area contributed by atoms with Gasteiger partial charge < -0.3 is 0 Å². The van der Waals surface area contributed by atoms with Crippen LogP contribution in [0.1, 0.15) is 17.8 Å². The molecule has 0 atom stereocenters. The maximum absolute atomic E-state index is 12.3. The van der Waals surface area contributed by atoms with Crippen molar-refractivity contribution >= 4 is 8.07 Å². The van der Waals surface area contributed by atoms with Crippen molar-refractivity contribution in [3.05, 3.63) is 17.5 Å². The summed E-state index contributed by atoms with van der Waals surface area (Å²) in [5, 5.41) is 3.69. The lowest BCUT2D eigenvalue weighted by Crippen LogP contribution is -2.16. The number of rotatable bonds is 1. The van der Waals surface area contributed by atoms with Crippen LogP contribution in [0.15, 0.2) is 6.20 Å². The molecule has 0 aliphatic rings. The van der Waals surface area contributed by atoms with Crippen molar-refractivity contribution in [2.75, 3.05) is 0 Å². The molecule has 82 valence electrons. The Morgan fingerprint density at radius 2 is 2.00 bits per heavy atom. The number of aryl methyl sites for hydroxylation is 1. The average Bonchev–Trinajstić information content (AvgIpc) is 2.42. The second kappa shape index (κ2) is 4.15. The molecule has 0 unspecified atom stereocenters. The van der Waals surface area contributed by atoms with Crippen molar-refractivity contribution < 1.29 is 8.78 Å². The molecule has 1 heterocycles. The molecule has 1 aromatic rings. The Bertz CT molecular complexity index is 407. The van der Waals surface area contributed by atoms with Crippen LogP contribution in [0.4, 0.5) is 8.78 Å². The number of alkyl halides is 2. The lowest BCUT2D eigenvalue weighted by atomic mass is 10.3. The molecule has 0 amide bonds. The highest BCUT2D eigenvalue weighted by Gasteiger charge is 2.11.